The number of amides is 1. The van der Waals surface area contributed by atoms with Gasteiger partial charge in [-0.15, -0.1) is 0 Å². The van der Waals surface area contributed by atoms with Crippen molar-refractivity contribution in [3.8, 4) is 0 Å². The molecule has 0 saturated carbocycles. The van der Waals surface area contributed by atoms with Crippen LogP contribution in [0.5, 0.6) is 0 Å². The maximum Gasteiger partial charge on any atom is 0.238 e. The number of hydrogen-bond acceptors (Lipinski definition) is 5. The molecule has 6 nitrogen and oxygen atoms in total. The standard InChI is InChI=1S/C21H28N2O4S/c1-21(2,3)16-6-8-17(9-7-16)22-20(24)14-23(13-19-5-4-11-27-19)18-10-12-28(25,26)15-18/h4-9,11,18H,10,12-15H2,1-3H3,(H,22,24)/t18-/m1/s1. The fourth-order valence-electron chi connectivity index (χ4n) is 3.42. The summed E-state index contributed by atoms with van der Waals surface area (Å²) in [6, 6.07) is 11.3. The van der Waals surface area contributed by atoms with Crippen LogP contribution in [0.25, 0.3) is 0 Å². The molecule has 1 aromatic carbocycles. The summed E-state index contributed by atoms with van der Waals surface area (Å²) in [5.41, 5.74) is 1.98. The zero-order valence-electron chi connectivity index (χ0n) is 16.6. The predicted octanol–water partition coefficient (Wildman–Crippen LogP) is 3.20. The summed E-state index contributed by atoms with van der Waals surface area (Å²) in [5, 5.41) is 2.91. The van der Waals surface area contributed by atoms with E-state index >= 15 is 0 Å². The molecule has 3 rings (SSSR count). The van der Waals surface area contributed by atoms with Crippen LogP contribution in [0.1, 0.15) is 38.5 Å². The van der Waals surface area contributed by atoms with Crippen LogP contribution in [0.3, 0.4) is 0 Å². The van der Waals surface area contributed by atoms with Crippen molar-refractivity contribution in [2.45, 2.75) is 45.2 Å². The van der Waals surface area contributed by atoms with Gasteiger partial charge in [-0.25, -0.2) is 8.42 Å². The van der Waals surface area contributed by atoms with E-state index in [2.05, 4.69) is 26.1 Å². The Kier molecular flexibility index (Phi) is 5.95. The molecule has 1 aliphatic rings. The van der Waals surface area contributed by atoms with Gasteiger partial charge in [0.1, 0.15) is 5.76 Å². The van der Waals surface area contributed by atoms with Gasteiger partial charge in [0.05, 0.1) is 30.9 Å². The highest BCUT2D eigenvalue weighted by molar-refractivity contribution is 7.91. The minimum absolute atomic E-state index is 0.0519. The summed E-state index contributed by atoms with van der Waals surface area (Å²) >= 11 is 0. The Hall–Kier alpha value is -2.12. The van der Waals surface area contributed by atoms with Crippen LogP contribution in [0, 0.1) is 0 Å². The van der Waals surface area contributed by atoms with Gasteiger partial charge in [0, 0.05) is 11.7 Å². The van der Waals surface area contributed by atoms with Crippen molar-refractivity contribution in [3.63, 3.8) is 0 Å². The number of nitrogens with zero attached hydrogens (tertiary/aromatic N) is 1. The van der Waals surface area contributed by atoms with E-state index in [0.717, 1.165) is 5.69 Å². The Balaban J connectivity index is 1.67. The van der Waals surface area contributed by atoms with Gasteiger partial charge in [0.25, 0.3) is 0 Å². The molecule has 0 bridgehead atoms. The topological polar surface area (TPSA) is 79.6 Å². The third kappa shape index (κ3) is 5.45. The van der Waals surface area contributed by atoms with Gasteiger partial charge < -0.3 is 9.73 Å². The van der Waals surface area contributed by atoms with Crippen molar-refractivity contribution in [1.82, 2.24) is 4.90 Å². The Bertz CT molecular complexity index is 897. The zero-order valence-corrected chi connectivity index (χ0v) is 17.5. The molecule has 1 amide bonds. The second-order valence-corrected chi connectivity index (χ2v) is 10.6. The monoisotopic (exact) mass is 404 g/mol. The van der Waals surface area contributed by atoms with Gasteiger partial charge in [-0.3, -0.25) is 9.69 Å². The normalized spacial score (nSPS) is 19.1. The van der Waals surface area contributed by atoms with E-state index in [1.165, 1.54) is 5.56 Å². The number of rotatable bonds is 6. The number of furan rings is 1. The number of sulfone groups is 1. The van der Waals surface area contributed by atoms with Crippen molar-refractivity contribution in [3.05, 3.63) is 54.0 Å². The molecule has 7 heteroatoms. The molecule has 1 N–H and O–H groups in total. The third-order valence-corrected chi connectivity index (χ3v) is 6.80. The van der Waals surface area contributed by atoms with E-state index in [0.29, 0.717) is 18.7 Å². The molecular weight excluding hydrogens is 376 g/mol. The number of carbonyl (C=O) groups is 1. The van der Waals surface area contributed by atoms with Gasteiger partial charge in [-0.2, -0.15) is 0 Å². The van der Waals surface area contributed by atoms with Gasteiger partial charge in [-0.05, 0) is 41.7 Å². The lowest BCUT2D eigenvalue weighted by molar-refractivity contribution is -0.118. The third-order valence-electron chi connectivity index (χ3n) is 5.05. The van der Waals surface area contributed by atoms with Crippen molar-refractivity contribution in [1.29, 1.82) is 0 Å². The quantitative estimate of drug-likeness (QED) is 0.800. The number of carbonyl (C=O) groups excluding carboxylic acids is 1. The molecule has 1 aliphatic heterocycles. The molecule has 1 saturated heterocycles. The predicted molar refractivity (Wildman–Crippen MR) is 110 cm³/mol. The molecule has 0 radical (unpaired) electrons. The highest BCUT2D eigenvalue weighted by atomic mass is 32.2. The highest BCUT2D eigenvalue weighted by Crippen LogP contribution is 2.24. The smallest absolute Gasteiger partial charge is 0.238 e. The van der Waals surface area contributed by atoms with E-state index in [9.17, 15) is 13.2 Å². The first kappa shape index (κ1) is 20.6. The van der Waals surface area contributed by atoms with Crippen molar-refractivity contribution >= 4 is 21.4 Å². The fraction of sp³-hybridized carbons (Fsp3) is 0.476. The van der Waals surface area contributed by atoms with Crippen molar-refractivity contribution < 1.29 is 17.6 Å². The first-order chi connectivity index (χ1) is 13.1. The van der Waals surface area contributed by atoms with Crippen LogP contribution in [0.15, 0.2) is 47.1 Å². The van der Waals surface area contributed by atoms with E-state index in [4.69, 9.17) is 4.42 Å². The molecule has 2 aromatic rings. The second-order valence-electron chi connectivity index (χ2n) is 8.42. The lowest BCUT2D eigenvalue weighted by Crippen LogP contribution is -2.41. The Labute approximate surface area is 166 Å². The van der Waals surface area contributed by atoms with Crippen LogP contribution in [-0.2, 0) is 26.6 Å². The van der Waals surface area contributed by atoms with E-state index in [1.54, 1.807) is 12.3 Å². The number of anilines is 1. The van der Waals surface area contributed by atoms with E-state index in [1.807, 2.05) is 35.2 Å². The summed E-state index contributed by atoms with van der Waals surface area (Å²) in [4.78, 5) is 14.5. The molecular formula is C21H28N2O4S. The van der Waals surface area contributed by atoms with Crippen LogP contribution < -0.4 is 5.32 Å². The second kappa shape index (κ2) is 8.09. The molecule has 0 spiro atoms. The largest absolute Gasteiger partial charge is 0.468 e. The summed E-state index contributed by atoms with van der Waals surface area (Å²) < 4.78 is 29.2. The maximum atomic E-state index is 12.6. The first-order valence-corrected chi connectivity index (χ1v) is 11.3. The van der Waals surface area contributed by atoms with Crippen LogP contribution in [0.4, 0.5) is 5.69 Å². The molecule has 1 atom stereocenters. The first-order valence-electron chi connectivity index (χ1n) is 9.50. The average Bonchev–Trinajstić information content (AvgIpc) is 3.23. The summed E-state index contributed by atoms with van der Waals surface area (Å²) in [6.45, 7) is 6.94. The van der Waals surface area contributed by atoms with Crippen molar-refractivity contribution in [2.24, 2.45) is 0 Å². The maximum absolute atomic E-state index is 12.6. The summed E-state index contributed by atoms with van der Waals surface area (Å²) in [5.74, 6) is 0.801. The van der Waals surface area contributed by atoms with Gasteiger partial charge in [0.15, 0.2) is 9.84 Å². The lowest BCUT2D eigenvalue weighted by atomic mass is 9.87. The molecule has 1 aromatic heterocycles. The molecule has 28 heavy (non-hydrogen) atoms. The van der Waals surface area contributed by atoms with Gasteiger partial charge in [-0.1, -0.05) is 32.9 Å². The number of benzene rings is 1. The fourth-order valence-corrected chi connectivity index (χ4v) is 5.18. The van der Waals surface area contributed by atoms with Crippen LogP contribution in [-0.4, -0.2) is 43.3 Å². The summed E-state index contributed by atoms with van der Waals surface area (Å²) in [6.07, 6.45) is 2.12. The average molecular weight is 405 g/mol. The van der Waals surface area contributed by atoms with Gasteiger partial charge in [0.2, 0.25) is 5.91 Å². The molecule has 1 fully saturated rings. The SMILES string of the molecule is CC(C)(C)c1ccc(NC(=O)CN(Cc2ccco2)[C@@H]2CCS(=O)(=O)C2)cc1. The van der Waals surface area contributed by atoms with Crippen molar-refractivity contribution in [2.75, 3.05) is 23.4 Å². The van der Waals surface area contributed by atoms with Crippen LogP contribution in [0.2, 0.25) is 0 Å². The number of nitrogens with one attached hydrogen (secondary N) is 1. The number of hydrogen-bond donors (Lipinski definition) is 1. The Morgan fingerprint density at radius 3 is 2.46 bits per heavy atom. The Morgan fingerprint density at radius 2 is 1.93 bits per heavy atom. The molecule has 0 aliphatic carbocycles. The minimum atomic E-state index is -3.04. The summed E-state index contributed by atoms with van der Waals surface area (Å²) in [7, 11) is -3.04. The minimum Gasteiger partial charge on any atom is -0.468 e. The Morgan fingerprint density at radius 1 is 1.21 bits per heavy atom. The van der Waals surface area contributed by atoms with E-state index in [-0.39, 0.29) is 35.4 Å². The van der Waals surface area contributed by atoms with E-state index < -0.39 is 9.84 Å². The van der Waals surface area contributed by atoms with Crippen LogP contribution >= 0.6 is 0 Å². The molecule has 152 valence electrons. The lowest BCUT2D eigenvalue weighted by Gasteiger charge is -2.26. The molecule has 2 heterocycles. The highest BCUT2D eigenvalue weighted by Gasteiger charge is 2.33. The van der Waals surface area contributed by atoms with Gasteiger partial charge >= 0.3 is 0 Å². The zero-order chi connectivity index (χ0) is 20.4. The molecule has 0 unspecified atom stereocenters.